The Hall–Kier alpha value is -1.89. The molecule has 1 unspecified atom stereocenters. The summed E-state index contributed by atoms with van der Waals surface area (Å²) in [5.74, 6) is 0.638. The van der Waals surface area contributed by atoms with Gasteiger partial charge in [-0.1, -0.05) is 0 Å². The van der Waals surface area contributed by atoms with Crippen molar-refractivity contribution >= 4 is 11.5 Å². The molecular formula is C10H16N6O. The Labute approximate surface area is 98.1 Å². The first kappa shape index (κ1) is 11.6. The minimum Gasteiger partial charge on any atom is -0.363 e. The smallest absolute Gasteiger partial charge is 0.348 e. The molecule has 7 nitrogen and oxygen atoms in total. The molecule has 4 N–H and O–H groups in total. The number of nitrogens with two attached hydrogens (primary N) is 1. The molecule has 0 aliphatic rings. The third kappa shape index (κ3) is 2.14. The molecule has 92 valence electrons. The van der Waals surface area contributed by atoms with Crippen molar-refractivity contribution in [2.75, 3.05) is 5.32 Å². The number of hydrogen-bond donors (Lipinski definition) is 3. The number of H-pyrrole nitrogens is 1. The molecule has 0 aliphatic heterocycles. The summed E-state index contributed by atoms with van der Waals surface area (Å²) in [7, 11) is 0. The molecule has 0 spiro atoms. The third-order valence-electron chi connectivity index (χ3n) is 2.90. The molecule has 2 aromatic rings. The SMILES string of the molecule is CC(N)C(C)(C)Nc1cc2n[nH]c(=O)n2cn1. The van der Waals surface area contributed by atoms with Crippen LogP contribution in [0.15, 0.2) is 17.2 Å². The maximum Gasteiger partial charge on any atom is 0.348 e. The Balaban J connectivity index is 2.34. The molecule has 0 bridgehead atoms. The molecule has 7 heteroatoms. The molecule has 2 heterocycles. The molecule has 0 saturated carbocycles. The van der Waals surface area contributed by atoms with E-state index in [2.05, 4.69) is 20.5 Å². The van der Waals surface area contributed by atoms with Gasteiger partial charge >= 0.3 is 5.69 Å². The number of rotatable bonds is 3. The summed E-state index contributed by atoms with van der Waals surface area (Å²) in [6.45, 7) is 5.89. The Morgan fingerprint density at radius 3 is 2.94 bits per heavy atom. The molecule has 2 rings (SSSR count). The van der Waals surface area contributed by atoms with Crippen molar-refractivity contribution in [2.45, 2.75) is 32.4 Å². The van der Waals surface area contributed by atoms with Gasteiger partial charge in [0.15, 0.2) is 5.65 Å². The Morgan fingerprint density at radius 1 is 1.59 bits per heavy atom. The number of anilines is 1. The van der Waals surface area contributed by atoms with Crippen molar-refractivity contribution in [2.24, 2.45) is 5.73 Å². The van der Waals surface area contributed by atoms with Crippen molar-refractivity contribution < 1.29 is 0 Å². The van der Waals surface area contributed by atoms with Crippen LogP contribution in [-0.4, -0.2) is 31.2 Å². The fourth-order valence-corrected chi connectivity index (χ4v) is 1.32. The molecule has 1 atom stereocenters. The molecule has 17 heavy (non-hydrogen) atoms. The van der Waals surface area contributed by atoms with E-state index >= 15 is 0 Å². The van der Waals surface area contributed by atoms with Gasteiger partial charge < -0.3 is 11.1 Å². The average Bonchev–Trinajstić information content (AvgIpc) is 2.59. The second kappa shape index (κ2) is 3.85. The maximum absolute atomic E-state index is 11.2. The monoisotopic (exact) mass is 236 g/mol. The number of nitrogens with one attached hydrogen (secondary N) is 2. The van der Waals surface area contributed by atoms with Crippen molar-refractivity contribution in [3.05, 3.63) is 22.9 Å². The third-order valence-corrected chi connectivity index (χ3v) is 2.90. The van der Waals surface area contributed by atoms with Gasteiger partial charge in [-0.2, -0.15) is 5.10 Å². The summed E-state index contributed by atoms with van der Waals surface area (Å²) < 4.78 is 1.34. The molecule has 0 radical (unpaired) electrons. The van der Waals surface area contributed by atoms with E-state index in [9.17, 15) is 4.79 Å². The number of nitrogens with zero attached hydrogens (tertiary/aromatic N) is 3. The zero-order chi connectivity index (χ0) is 12.6. The van der Waals surface area contributed by atoms with Gasteiger partial charge in [0, 0.05) is 17.6 Å². The standard InChI is InChI=1S/C10H16N6O/c1-6(11)10(2,3)13-7-4-8-14-15-9(17)16(8)5-12-7/h4-6,13H,11H2,1-3H3,(H,15,17). The number of hydrogen-bond acceptors (Lipinski definition) is 5. The average molecular weight is 236 g/mol. The van der Waals surface area contributed by atoms with Gasteiger partial charge in [-0.25, -0.2) is 19.3 Å². The summed E-state index contributed by atoms with van der Waals surface area (Å²) in [4.78, 5) is 15.4. The van der Waals surface area contributed by atoms with Crippen molar-refractivity contribution in [3.8, 4) is 0 Å². The lowest BCUT2D eigenvalue weighted by Crippen LogP contribution is -2.47. The van der Waals surface area contributed by atoms with E-state index in [1.807, 2.05) is 20.8 Å². The summed E-state index contributed by atoms with van der Waals surface area (Å²) in [6, 6.07) is 1.66. The van der Waals surface area contributed by atoms with Crippen LogP contribution >= 0.6 is 0 Å². The van der Waals surface area contributed by atoms with E-state index < -0.39 is 0 Å². The van der Waals surface area contributed by atoms with Crippen molar-refractivity contribution in [1.82, 2.24) is 19.6 Å². The molecule has 0 aliphatic carbocycles. The molecule has 0 fully saturated rings. The van der Waals surface area contributed by atoms with Gasteiger partial charge in [0.05, 0.1) is 0 Å². The number of aromatic amines is 1. The normalized spacial score (nSPS) is 13.9. The van der Waals surface area contributed by atoms with Crippen LogP contribution in [0.2, 0.25) is 0 Å². The lowest BCUT2D eigenvalue weighted by atomic mass is 9.97. The van der Waals surface area contributed by atoms with Crippen LogP contribution in [0.4, 0.5) is 5.82 Å². The zero-order valence-electron chi connectivity index (χ0n) is 10.1. The minimum atomic E-state index is -0.300. The first-order chi connectivity index (χ1) is 7.90. The zero-order valence-corrected chi connectivity index (χ0v) is 10.1. The molecular weight excluding hydrogens is 220 g/mol. The maximum atomic E-state index is 11.2. The van der Waals surface area contributed by atoms with Gasteiger partial charge in [-0.15, -0.1) is 0 Å². The largest absolute Gasteiger partial charge is 0.363 e. The second-order valence-electron chi connectivity index (χ2n) is 4.67. The molecule has 0 aromatic carbocycles. The van der Waals surface area contributed by atoms with Gasteiger partial charge in [-0.05, 0) is 20.8 Å². The fourth-order valence-electron chi connectivity index (χ4n) is 1.32. The molecule has 0 amide bonds. The highest BCUT2D eigenvalue weighted by Gasteiger charge is 2.23. The van der Waals surface area contributed by atoms with Gasteiger partial charge in [0.1, 0.15) is 12.1 Å². The Kier molecular flexibility index (Phi) is 2.62. The van der Waals surface area contributed by atoms with Gasteiger partial charge in [0.25, 0.3) is 0 Å². The van der Waals surface area contributed by atoms with Gasteiger partial charge in [-0.3, -0.25) is 0 Å². The first-order valence-electron chi connectivity index (χ1n) is 5.37. The van der Waals surface area contributed by atoms with E-state index in [4.69, 9.17) is 5.73 Å². The molecule has 0 saturated heterocycles. The van der Waals surface area contributed by atoms with Gasteiger partial charge in [0.2, 0.25) is 0 Å². The highest BCUT2D eigenvalue weighted by molar-refractivity contribution is 5.49. The van der Waals surface area contributed by atoms with Crippen molar-refractivity contribution in [3.63, 3.8) is 0 Å². The van der Waals surface area contributed by atoms with E-state index in [1.165, 1.54) is 10.7 Å². The van der Waals surface area contributed by atoms with Crippen LogP contribution in [-0.2, 0) is 0 Å². The topological polar surface area (TPSA) is 101 Å². The molecule has 2 aromatic heterocycles. The first-order valence-corrected chi connectivity index (χ1v) is 5.37. The summed E-state index contributed by atoms with van der Waals surface area (Å²) in [5, 5.41) is 9.44. The van der Waals surface area contributed by atoms with Crippen LogP contribution in [0, 0.1) is 0 Å². The Morgan fingerprint density at radius 2 is 2.29 bits per heavy atom. The fraction of sp³-hybridized carbons (Fsp3) is 0.500. The predicted octanol–water partition coefficient (Wildman–Crippen LogP) is -0.0447. The number of aromatic nitrogens is 4. The van der Waals surface area contributed by atoms with Crippen LogP contribution < -0.4 is 16.7 Å². The van der Waals surface area contributed by atoms with Crippen LogP contribution in [0.25, 0.3) is 5.65 Å². The van der Waals surface area contributed by atoms with E-state index in [1.54, 1.807) is 6.07 Å². The number of fused-ring (bicyclic) bond motifs is 1. The van der Waals surface area contributed by atoms with Crippen LogP contribution in [0.1, 0.15) is 20.8 Å². The van der Waals surface area contributed by atoms with Crippen LogP contribution in [0.3, 0.4) is 0 Å². The highest BCUT2D eigenvalue weighted by atomic mass is 16.1. The summed E-state index contributed by atoms with van der Waals surface area (Å²) in [6.07, 6.45) is 1.43. The van der Waals surface area contributed by atoms with E-state index in [-0.39, 0.29) is 17.3 Å². The minimum absolute atomic E-state index is 0.0399. The summed E-state index contributed by atoms with van der Waals surface area (Å²) in [5.41, 5.74) is 5.80. The quantitative estimate of drug-likeness (QED) is 0.694. The lowest BCUT2D eigenvalue weighted by Gasteiger charge is -2.30. The van der Waals surface area contributed by atoms with E-state index in [0.29, 0.717) is 11.5 Å². The summed E-state index contributed by atoms with van der Waals surface area (Å²) >= 11 is 0. The Bertz CT molecular complexity index is 582. The second-order valence-corrected chi connectivity index (χ2v) is 4.67. The van der Waals surface area contributed by atoms with E-state index in [0.717, 1.165) is 0 Å². The van der Waals surface area contributed by atoms with Crippen LogP contribution in [0.5, 0.6) is 0 Å². The predicted molar refractivity (Wildman–Crippen MR) is 65.0 cm³/mol. The highest BCUT2D eigenvalue weighted by Crippen LogP contribution is 2.15. The lowest BCUT2D eigenvalue weighted by molar-refractivity contribution is 0.469. The van der Waals surface area contributed by atoms with Crippen molar-refractivity contribution in [1.29, 1.82) is 0 Å².